The van der Waals surface area contributed by atoms with Crippen molar-refractivity contribution in [1.29, 1.82) is 0 Å². The Hall–Kier alpha value is -1.16. The minimum atomic E-state index is 0.00914. The molecule has 20 heavy (non-hydrogen) atoms. The zero-order valence-electron chi connectivity index (χ0n) is 12.7. The molecule has 3 nitrogen and oxygen atoms in total. The fourth-order valence-electron chi connectivity index (χ4n) is 2.39. The van der Waals surface area contributed by atoms with Crippen LogP contribution in [0.1, 0.15) is 43.5 Å². The number of benzene rings is 1. The number of aromatic nitrogens is 3. The summed E-state index contributed by atoms with van der Waals surface area (Å²) in [5.41, 5.74) is 2.66. The van der Waals surface area contributed by atoms with Crippen LogP contribution in [0.3, 0.4) is 0 Å². The van der Waals surface area contributed by atoms with E-state index >= 15 is 0 Å². The second-order valence-corrected chi connectivity index (χ2v) is 6.72. The van der Waals surface area contributed by atoms with Gasteiger partial charge < -0.3 is 4.57 Å². The van der Waals surface area contributed by atoms with Crippen LogP contribution >= 0.6 is 15.9 Å². The van der Waals surface area contributed by atoms with E-state index in [4.69, 9.17) is 0 Å². The third kappa shape index (κ3) is 3.48. The first-order chi connectivity index (χ1) is 9.41. The van der Waals surface area contributed by atoms with E-state index in [2.05, 4.69) is 82.7 Å². The smallest absolute Gasteiger partial charge is 0.144 e. The molecule has 1 heterocycles. The average molecular weight is 336 g/mol. The number of hydrogen-bond acceptors (Lipinski definition) is 2. The number of rotatable bonds is 4. The van der Waals surface area contributed by atoms with Gasteiger partial charge in [0.05, 0.1) is 5.33 Å². The van der Waals surface area contributed by atoms with Crippen molar-refractivity contribution in [3.05, 3.63) is 47.0 Å². The molecule has 0 N–H and O–H groups in total. The number of aryl methyl sites for hydroxylation is 3. The van der Waals surface area contributed by atoms with Gasteiger partial charge in [-0.15, -0.1) is 10.2 Å². The summed E-state index contributed by atoms with van der Waals surface area (Å²) in [5.74, 6) is 2.06. The van der Waals surface area contributed by atoms with Crippen LogP contribution < -0.4 is 0 Å². The van der Waals surface area contributed by atoms with Crippen molar-refractivity contribution in [3.63, 3.8) is 0 Å². The molecule has 0 bridgehead atoms. The van der Waals surface area contributed by atoms with E-state index in [1.54, 1.807) is 0 Å². The lowest BCUT2D eigenvalue weighted by Gasteiger charge is -2.24. The fraction of sp³-hybridized carbons (Fsp3) is 0.500. The zero-order valence-corrected chi connectivity index (χ0v) is 14.2. The largest absolute Gasteiger partial charge is 0.309 e. The third-order valence-corrected chi connectivity index (χ3v) is 3.85. The molecule has 4 heteroatoms. The van der Waals surface area contributed by atoms with Gasteiger partial charge in [0.1, 0.15) is 11.6 Å². The molecule has 0 unspecified atom stereocenters. The molecule has 0 atom stereocenters. The molecule has 0 aliphatic carbocycles. The van der Waals surface area contributed by atoms with Gasteiger partial charge in [-0.3, -0.25) is 0 Å². The van der Waals surface area contributed by atoms with Gasteiger partial charge >= 0.3 is 0 Å². The third-order valence-electron chi connectivity index (χ3n) is 3.35. The lowest BCUT2D eigenvalue weighted by molar-refractivity contribution is 0.373. The lowest BCUT2D eigenvalue weighted by Crippen LogP contribution is -2.26. The summed E-state index contributed by atoms with van der Waals surface area (Å²) in [7, 11) is 0. The van der Waals surface area contributed by atoms with Gasteiger partial charge in [0, 0.05) is 12.0 Å². The Morgan fingerprint density at radius 1 is 1.00 bits per heavy atom. The van der Waals surface area contributed by atoms with E-state index in [-0.39, 0.29) is 5.54 Å². The summed E-state index contributed by atoms with van der Waals surface area (Å²) in [4.78, 5) is 0. The number of nitrogens with zero attached hydrogens (tertiary/aromatic N) is 3. The Labute approximate surface area is 129 Å². The van der Waals surface area contributed by atoms with Gasteiger partial charge in [0.15, 0.2) is 0 Å². The molecular formula is C16H22BrN3. The molecule has 108 valence electrons. The molecule has 0 radical (unpaired) electrons. The van der Waals surface area contributed by atoms with Gasteiger partial charge in [0.2, 0.25) is 0 Å². The average Bonchev–Trinajstić information content (AvgIpc) is 2.81. The molecular weight excluding hydrogens is 314 g/mol. The van der Waals surface area contributed by atoms with Crippen molar-refractivity contribution < 1.29 is 0 Å². The van der Waals surface area contributed by atoms with Crippen molar-refractivity contribution in [2.45, 2.75) is 51.4 Å². The van der Waals surface area contributed by atoms with E-state index in [0.717, 1.165) is 29.8 Å². The molecule has 0 saturated heterocycles. The molecule has 1 aromatic heterocycles. The topological polar surface area (TPSA) is 30.7 Å². The first kappa shape index (κ1) is 15.2. The van der Waals surface area contributed by atoms with Crippen molar-refractivity contribution in [2.24, 2.45) is 0 Å². The maximum absolute atomic E-state index is 4.37. The molecule has 0 saturated carbocycles. The van der Waals surface area contributed by atoms with Crippen LogP contribution in [-0.2, 0) is 23.7 Å². The van der Waals surface area contributed by atoms with E-state index in [1.807, 2.05) is 0 Å². The Balaban J connectivity index is 2.17. The molecule has 0 aliphatic rings. The highest BCUT2D eigenvalue weighted by molar-refractivity contribution is 9.08. The first-order valence-corrected chi connectivity index (χ1v) is 8.09. The normalized spacial score (nSPS) is 11.8. The van der Waals surface area contributed by atoms with E-state index in [9.17, 15) is 0 Å². The maximum atomic E-state index is 4.37. The summed E-state index contributed by atoms with van der Waals surface area (Å²) >= 11 is 3.49. The maximum Gasteiger partial charge on any atom is 0.144 e. The zero-order chi connectivity index (χ0) is 14.8. The summed E-state index contributed by atoms with van der Waals surface area (Å²) < 4.78 is 2.25. The Kier molecular flexibility index (Phi) is 4.63. The summed E-state index contributed by atoms with van der Waals surface area (Å²) in [5, 5.41) is 9.40. The highest BCUT2D eigenvalue weighted by Gasteiger charge is 2.22. The first-order valence-electron chi connectivity index (χ1n) is 6.97. The van der Waals surface area contributed by atoms with Gasteiger partial charge in [0.25, 0.3) is 0 Å². The van der Waals surface area contributed by atoms with E-state index in [0.29, 0.717) is 0 Å². The lowest BCUT2D eigenvalue weighted by atomic mass is 10.1. The minimum Gasteiger partial charge on any atom is -0.309 e. The van der Waals surface area contributed by atoms with Crippen molar-refractivity contribution in [3.8, 4) is 0 Å². The van der Waals surface area contributed by atoms with Crippen LogP contribution in [0, 0.1) is 6.92 Å². The number of alkyl halides is 1. The Bertz CT molecular complexity index is 564. The van der Waals surface area contributed by atoms with Crippen LogP contribution in [0.5, 0.6) is 0 Å². The van der Waals surface area contributed by atoms with Crippen LogP contribution in [0.25, 0.3) is 0 Å². The van der Waals surface area contributed by atoms with Crippen LogP contribution in [0.2, 0.25) is 0 Å². The minimum absolute atomic E-state index is 0.00914. The summed E-state index contributed by atoms with van der Waals surface area (Å²) in [6, 6.07) is 8.71. The van der Waals surface area contributed by atoms with Gasteiger partial charge in [-0.2, -0.15) is 0 Å². The predicted octanol–water partition coefficient (Wildman–Crippen LogP) is 4.02. The highest BCUT2D eigenvalue weighted by Crippen LogP contribution is 2.21. The van der Waals surface area contributed by atoms with Gasteiger partial charge in [-0.25, -0.2) is 0 Å². The van der Waals surface area contributed by atoms with E-state index in [1.165, 1.54) is 11.1 Å². The second kappa shape index (κ2) is 6.08. The summed E-state index contributed by atoms with van der Waals surface area (Å²) in [6.07, 6.45) is 1.91. The van der Waals surface area contributed by atoms with Gasteiger partial charge in [-0.1, -0.05) is 45.8 Å². The van der Waals surface area contributed by atoms with Crippen LogP contribution in [-0.4, -0.2) is 14.8 Å². The molecule has 1 aromatic carbocycles. The fourth-order valence-corrected chi connectivity index (χ4v) is 2.75. The van der Waals surface area contributed by atoms with Crippen LogP contribution in [0.15, 0.2) is 24.3 Å². The number of halogens is 1. The molecule has 2 aromatic rings. The van der Waals surface area contributed by atoms with Crippen LogP contribution in [0.4, 0.5) is 0 Å². The van der Waals surface area contributed by atoms with Gasteiger partial charge in [-0.05, 0) is 39.7 Å². The SMILES string of the molecule is Cc1ccc(CCc2nnc(CBr)n2C(C)(C)C)cc1. The van der Waals surface area contributed by atoms with Crippen molar-refractivity contribution in [1.82, 2.24) is 14.8 Å². The monoisotopic (exact) mass is 335 g/mol. The predicted molar refractivity (Wildman–Crippen MR) is 86.2 cm³/mol. The molecule has 0 fully saturated rings. The second-order valence-electron chi connectivity index (χ2n) is 6.16. The summed E-state index contributed by atoms with van der Waals surface area (Å²) in [6.45, 7) is 8.69. The number of hydrogen-bond donors (Lipinski definition) is 0. The molecule has 0 aliphatic heterocycles. The van der Waals surface area contributed by atoms with E-state index < -0.39 is 0 Å². The Morgan fingerprint density at radius 2 is 1.60 bits per heavy atom. The standard InChI is InChI=1S/C16H22BrN3/c1-12-5-7-13(8-6-12)9-10-14-18-19-15(11-17)20(14)16(2,3)4/h5-8H,9-11H2,1-4H3. The molecule has 0 amide bonds. The Morgan fingerprint density at radius 3 is 2.15 bits per heavy atom. The highest BCUT2D eigenvalue weighted by atomic mass is 79.9. The van der Waals surface area contributed by atoms with Crippen molar-refractivity contribution in [2.75, 3.05) is 0 Å². The molecule has 0 spiro atoms. The van der Waals surface area contributed by atoms with Crippen molar-refractivity contribution >= 4 is 15.9 Å². The molecule has 2 rings (SSSR count). The quantitative estimate of drug-likeness (QED) is 0.790.